The van der Waals surface area contributed by atoms with Crippen molar-refractivity contribution >= 4 is 38.4 Å². The molecule has 5 rings (SSSR count). The van der Waals surface area contributed by atoms with Gasteiger partial charge in [-0.25, -0.2) is 14.6 Å². The van der Waals surface area contributed by atoms with Gasteiger partial charge in [-0.3, -0.25) is 0 Å². The fraction of sp³-hybridized carbons (Fsp3) is 0. The van der Waals surface area contributed by atoms with E-state index in [-0.39, 0.29) is 16.8 Å². The minimum Gasteiger partial charge on any atom is -0.478 e. The molecule has 0 aliphatic carbocycles. The summed E-state index contributed by atoms with van der Waals surface area (Å²) in [5, 5.41) is 13.3. The van der Waals surface area contributed by atoms with Gasteiger partial charge in [-0.05, 0) is 45.8 Å². The van der Waals surface area contributed by atoms with E-state index >= 15 is 0 Å². The van der Waals surface area contributed by atoms with Gasteiger partial charge in [-0.2, -0.15) is 0 Å². The van der Waals surface area contributed by atoms with Crippen LogP contribution in [0, 0.1) is 0 Å². The zero-order valence-electron chi connectivity index (χ0n) is 14.5. The number of fused-ring (bicyclic) bond motifs is 3. The summed E-state index contributed by atoms with van der Waals surface area (Å²) in [6, 6.07) is 21.9. The molecule has 4 aromatic carbocycles. The fourth-order valence-corrected chi connectivity index (χ4v) is 3.56. The van der Waals surface area contributed by atoms with E-state index in [2.05, 4.69) is 11.1 Å². The number of hydrogen-bond acceptors (Lipinski definition) is 4. The van der Waals surface area contributed by atoms with Crippen LogP contribution in [0.2, 0.25) is 0 Å². The number of benzene rings is 4. The van der Waals surface area contributed by atoms with Crippen LogP contribution in [0.1, 0.15) is 10.4 Å². The summed E-state index contributed by atoms with van der Waals surface area (Å²) in [6.45, 7) is 0. The van der Waals surface area contributed by atoms with Crippen LogP contribution >= 0.6 is 0 Å². The van der Waals surface area contributed by atoms with E-state index < -0.39 is 11.6 Å². The minimum absolute atomic E-state index is 0.0688. The molecule has 5 aromatic rings. The van der Waals surface area contributed by atoms with Crippen LogP contribution in [-0.4, -0.2) is 16.1 Å². The maximum Gasteiger partial charge on any atom is 0.347 e. The van der Waals surface area contributed by atoms with Gasteiger partial charge >= 0.3 is 11.6 Å². The van der Waals surface area contributed by atoms with Crippen LogP contribution in [0.3, 0.4) is 0 Å². The first-order valence-electron chi connectivity index (χ1n) is 8.71. The van der Waals surface area contributed by atoms with Gasteiger partial charge in [-0.1, -0.05) is 48.5 Å². The number of carboxylic acids is 1. The number of nitrogens with zero attached hydrogens (tertiary/aromatic N) is 1. The Hall–Kier alpha value is -3.99. The van der Waals surface area contributed by atoms with Crippen LogP contribution in [0.15, 0.2) is 82.0 Å². The third kappa shape index (κ3) is 2.45. The van der Waals surface area contributed by atoms with E-state index in [0.717, 1.165) is 21.5 Å². The van der Waals surface area contributed by atoms with E-state index in [0.29, 0.717) is 11.1 Å². The number of carboxylic acid groups (broad SMARTS) is 1. The SMILES string of the molecule is O=C(O)c1ccc2c(=O)oc(-c3c4ccccc4cc4ccccc34)nc2c1. The molecule has 1 heterocycles. The first-order chi connectivity index (χ1) is 13.6. The van der Waals surface area contributed by atoms with Gasteiger partial charge < -0.3 is 9.52 Å². The predicted octanol–water partition coefficient (Wildman–Crippen LogP) is 4.86. The molecule has 0 fully saturated rings. The van der Waals surface area contributed by atoms with Crippen LogP contribution in [-0.2, 0) is 0 Å². The fourth-order valence-electron chi connectivity index (χ4n) is 3.56. The second-order valence-electron chi connectivity index (χ2n) is 6.54. The minimum atomic E-state index is -1.07. The number of carbonyl (C=O) groups is 1. The second-order valence-corrected chi connectivity index (χ2v) is 6.54. The van der Waals surface area contributed by atoms with Crippen molar-refractivity contribution in [1.82, 2.24) is 4.98 Å². The molecule has 0 unspecified atom stereocenters. The van der Waals surface area contributed by atoms with Gasteiger partial charge in [0.05, 0.1) is 22.0 Å². The molecule has 0 saturated heterocycles. The largest absolute Gasteiger partial charge is 0.478 e. The summed E-state index contributed by atoms with van der Waals surface area (Å²) in [5.41, 5.74) is 0.532. The lowest BCUT2D eigenvalue weighted by Crippen LogP contribution is -2.05. The summed E-state index contributed by atoms with van der Waals surface area (Å²) >= 11 is 0. The van der Waals surface area contributed by atoms with Gasteiger partial charge in [0, 0.05) is 0 Å². The number of hydrogen-bond donors (Lipinski definition) is 1. The highest BCUT2D eigenvalue weighted by molar-refractivity contribution is 6.11. The Morgan fingerprint density at radius 3 is 2.11 bits per heavy atom. The first kappa shape index (κ1) is 16.2. The van der Waals surface area contributed by atoms with E-state index in [4.69, 9.17) is 4.42 Å². The van der Waals surface area contributed by atoms with Gasteiger partial charge in [0.25, 0.3) is 0 Å². The highest BCUT2D eigenvalue weighted by Gasteiger charge is 2.16. The molecular formula is C23H13NO4. The Bertz CT molecular complexity index is 1410. The lowest BCUT2D eigenvalue weighted by molar-refractivity contribution is 0.0697. The normalized spacial score (nSPS) is 11.3. The highest BCUT2D eigenvalue weighted by Crippen LogP contribution is 2.35. The summed E-state index contributed by atoms with van der Waals surface area (Å²) in [5.74, 6) is -0.901. The van der Waals surface area contributed by atoms with E-state index in [1.165, 1.54) is 18.2 Å². The van der Waals surface area contributed by atoms with Crippen molar-refractivity contribution in [3.8, 4) is 11.5 Å². The van der Waals surface area contributed by atoms with Crippen LogP contribution in [0.25, 0.3) is 43.9 Å². The quantitative estimate of drug-likeness (QED) is 0.451. The van der Waals surface area contributed by atoms with Crippen molar-refractivity contribution in [2.24, 2.45) is 0 Å². The molecule has 0 radical (unpaired) electrons. The van der Waals surface area contributed by atoms with Crippen LogP contribution in [0.5, 0.6) is 0 Å². The van der Waals surface area contributed by atoms with Crippen molar-refractivity contribution in [3.63, 3.8) is 0 Å². The maximum atomic E-state index is 12.6. The molecule has 1 aromatic heterocycles. The zero-order valence-corrected chi connectivity index (χ0v) is 14.5. The van der Waals surface area contributed by atoms with Crippen molar-refractivity contribution in [2.45, 2.75) is 0 Å². The molecule has 0 aliphatic rings. The van der Waals surface area contributed by atoms with E-state index in [1.54, 1.807) is 0 Å². The van der Waals surface area contributed by atoms with Gasteiger partial charge in [0.15, 0.2) is 0 Å². The molecule has 134 valence electrons. The molecule has 5 nitrogen and oxygen atoms in total. The Balaban J connectivity index is 1.92. The predicted molar refractivity (Wildman–Crippen MR) is 108 cm³/mol. The topological polar surface area (TPSA) is 80.4 Å². The van der Waals surface area contributed by atoms with Crippen LogP contribution < -0.4 is 5.63 Å². The molecular weight excluding hydrogens is 354 g/mol. The first-order valence-corrected chi connectivity index (χ1v) is 8.71. The van der Waals surface area contributed by atoms with Gasteiger partial charge in [-0.15, -0.1) is 0 Å². The lowest BCUT2D eigenvalue weighted by Gasteiger charge is -2.10. The summed E-state index contributed by atoms with van der Waals surface area (Å²) < 4.78 is 5.58. The second kappa shape index (κ2) is 6.03. The molecule has 5 heteroatoms. The summed E-state index contributed by atoms with van der Waals surface area (Å²) in [4.78, 5) is 28.4. The molecule has 1 N–H and O–H groups in total. The number of aromatic nitrogens is 1. The van der Waals surface area contributed by atoms with E-state index in [9.17, 15) is 14.7 Å². The Morgan fingerprint density at radius 1 is 0.821 bits per heavy atom. The van der Waals surface area contributed by atoms with Crippen molar-refractivity contribution in [2.75, 3.05) is 0 Å². The lowest BCUT2D eigenvalue weighted by atomic mass is 9.96. The Labute approximate surface area is 158 Å². The Morgan fingerprint density at radius 2 is 1.46 bits per heavy atom. The van der Waals surface area contributed by atoms with Crippen molar-refractivity contribution < 1.29 is 14.3 Å². The molecule has 0 saturated carbocycles. The van der Waals surface area contributed by atoms with Crippen molar-refractivity contribution in [1.29, 1.82) is 0 Å². The maximum absolute atomic E-state index is 12.6. The number of aromatic carboxylic acids is 1. The van der Waals surface area contributed by atoms with Gasteiger partial charge in [0.2, 0.25) is 5.89 Å². The summed E-state index contributed by atoms with van der Waals surface area (Å²) in [6.07, 6.45) is 0. The average molecular weight is 367 g/mol. The average Bonchev–Trinajstić information content (AvgIpc) is 2.71. The molecule has 28 heavy (non-hydrogen) atoms. The molecule has 0 atom stereocenters. The molecule has 0 aliphatic heterocycles. The summed E-state index contributed by atoms with van der Waals surface area (Å²) in [7, 11) is 0. The monoisotopic (exact) mass is 367 g/mol. The third-order valence-corrected chi connectivity index (χ3v) is 4.86. The highest BCUT2D eigenvalue weighted by atomic mass is 16.4. The number of rotatable bonds is 2. The van der Waals surface area contributed by atoms with E-state index in [1.807, 2.05) is 48.5 Å². The standard InChI is InChI=1S/C23H13NO4/c25-22(26)15-9-10-18-19(12-15)24-21(28-23(18)27)20-16-7-3-1-5-13(16)11-14-6-2-4-8-17(14)20/h1-12H,(H,25,26). The zero-order chi connectivity index (χ0) is 19.3. The third-order valence-electron chi connectivity index (χ3n) is 4.86. The molecule has 0 spiro atoms. The molecule has 0 bridgehead atoms. The van der Waals surface area contributed by atoms with Crippen LogP contribution in [0.4, 0.5) is 0 Å². The van der Waals surface area contributed by atoms with Gasteiger partial charge in [0.1, 0.15) is 0 Å². The Kier molecular flexibility index (Phi) is 3.49. The molecule has 0 amide bonds. The van der Waals surface area contributed by atoms with Crippen molar-refractivity contribution in [3.05, 3.63) is 88.8 Å². The smallest absolute Gasteiger partial charge is 0.347 e.